The molecule has 2 aliphatic heterocycles. The van der Waals surface area contributed by atoms with Crippen LogP contribution in [-0.2, 0) is 13.6 Å². The molecule has 0 aliphatic carbocycles. The third-order valence-electron chi connectivity index (χ3n) is 6.29. The number of hydrogen-bond donors (Lipinski definition) is 0. The van der Waals surface area contributed by atoms with Gasteiger partial charge < -0.3 is 4.90 Å². The molecule has 1 aromatic heterocycles. The summed E-state index contributed by atoms with van der Waals surface area (Å²) in [5.74, 6) is 0.0892. The lowest BCUT2D eigenvalue weighted by molar-refractivity contribution is 0.0670. The minimum atomic E-state index is 0.0892. The number of carbonyl (C=O) groups is 1. The smallest absolute Gasteiger partial charge is 0.274 e. The maximum atomic E-state index is 12.9. The van der Waals surface area contributed by atoms with Crippen LogP contribution >= 0.6 is 0 Å². The molecule has 0 radical (unpaired) electrons. The molecule has 1 atom stereocenters. The zero-order valence-corrected chi connectivity index (χ0v) is 16.7. The van der Waals surface area contributed by atoms with E-state index >= 15 is 0 Å². The van der Waals surface area contributed by atoms with E-state index < -0.39 is 0 Å². The topological polar surface area (TPSA) is 41.4 Å². The van der Waals surface area contributed by atoms with Gasteiger partial charge >= 0.3 is 0 Å². The number of rotatable bonds is 3. The van der Waals surface area contributed by atoms with Gasteiger partial charge in [-0.15, -0.1) is 0 Å². The number of amides is 1. The zero-order chi connectivity index (χ0) is 19.0. The van der Waals surface area contributed by atoms with Gasteiger partial charge in [0.25, 0.3) is 5.91 Å². The Kier molecular flexibility index (Phi) is 4.81. The molecular weight excluding hydrogens is 336 g/mol. The molecule has 2 saturated heterocycles. The van der Waals surface area contributed by atoms with Gasteiger partial charge in [0.05, 0.1) is 0 Å². The van der Waals surface area contributed by atoms with Crippen LogP contribution in [0.3, 0.4) is 0 Å². The van der Waals surface area contributed by atoms with Crippen molar-refractivity contribution in [3.8, 4) is 0 Å². The summed E-state index contributed by atoms with van der Waals surface area (Å²) < 4.78 is 1.78. The van der Waals surface area contributed by atoms with E-state index in [1.165, 1.54) is 24.0 Å². The number of aryl methyl sites for hydroxylation is 3. The lowest BCUT2D eigenvalue weighted by atomic mass is 9.79. The Balaban J connectivity index is 1.42. The van der Waals surface area contributed by atoms with Crippen LogP contribution in [0.25, 0.3) is 0 Å². The fourth-order valence-electron chi connectivity index (χ4n) is 4.78. The van der Waals surface area contributed by atoms with Crippen molar-refractivity contribution >= 4 is 5.91 Å². The van der Waals surface area contributed by atoms with Crippen LogP contribution in [0.1, 0.15) is 46.6 Å². The number of hydrogen-bond acceptors (Lipinski definition) is 3. The van der Waals surface area contributed by atoms with Crippen molar-refractivity contribution in [1.29, 1.82) is 0 Å². The van der Waals surface area contributed by atoms with Crippen molar-refractivity contribution in [2.24, 2.45) is 12.5 Å². The van der Waals surface area contributed by atoms with Crippen molar-refractivity contribution < 1.29 is 4.79 Å². The average molecular weight is 367 g/mol. The van der Waals surface area contributed by atoms with Gasteiger partial charge in [-0.25, -0.2) is 0 Å². The van der Waals surface area contributed by atoms with Gasteiger partial charge in [-0.2, -0.15) is 5.10 Å². The standard InChI is InChI=1S/C22H30N4O/c1-17-6-4-7-19(12-17)14-25-10-5-8-22(15-25)9-11-26(16-22)21(27)20-13-18(2)24(3)23-20/h4,6-7,12-13H,5,8-11,14-16H2,1-3H3. The number of aromatic nitrogens is 2. The molecule has 0 bridgehead atoms. The minimum Gasteiger partial charge on any atom is -0.337 e. The Bertz CT molecular complexity index is 823. The van der Waals surface area contributed by atoms with E-state index in [2.05, 4.69) is 41.2 Å². The number of piperidine rings is 1. The van der Waals surface area contributed by atoms with Crippen molar-refractivity contribution in [3.05, 3.63) is 52.8 Å². The molecule has 5 nitrogen and oxygen atoms in total. The molecule has 1 amide bonds. The van der Waals surface area contributed by atoms with Gasteiger partial charge in [0, 0.05) is 44.3 Å². The average Bonchev–Trinajstić information content (AvgIpc) is 3.18. The number of nitrogens with zero attached hydrogens (tertiary/aromatic N) is 4. The Hall–Kier alpha value is -2.14. The fourth-order valence-corrected chi connectivity index (χ4v) is 4.78. The maximum absolute atomic E-state index is 12.9. The number of benzene rings is 1. The summed E-state index contributed by atoms with van der Waals surface area (Å²) >= 11 is 0. The van der Waals surface area contributed by atoms with Crippen LogP contribution in [0.2, 0.25) is 0 Å². The van der Waals surface area contributed by atoms with Crippen LogP contribution in [0.5, 0.6) is 0 Å². The highest BCUT2D eigenvalue weighted by molar-refractivity contribution is 5.92. The van der Waals surface area contributed by atoms with Gasteiger partial charge in [-0.05, 0) is 51.3 Å². The van der Waals surface area contributed by atoms with E-state index in [0.717, 1.165) is 44.8 Å². The van der Waals surface area contributed by atoms with Crippen molar-refractivity contribution in [3.63, 3.8) is 0 Å². The summed E-state index contributed by atoms with van der Waals surface area (Å²) in [7, 11) is 1.89. The Morgan fingerprint density at radius 3 is 2.74 bits per heavy atom. The Labute approximate surface area is 162 Å². The summed E-state index contributed by atoms with van der Waals surface area (Å²) in [4.78, 5) is 17.5. The first-order valence-electron chi connectivity index (χ1n) is 10.0. The first-order valence-corrected chi connectivity index (χ1v) is 10.0. The predicted molar refractivity (Wildman–Crippen MR) is 107 cm³/mol. The minimum absolute atomic E-state index is 0.0892. The molecule has 2 aromatic rings. The molecule has 5 heteroatoms. The molecule has 1 spiro atoms. The molecule has 27 heavy (non-hydrogen) atoms. The maximum Gasteiger partial charge on any atom is 0.274 e. The van der Waals surface area contributed by atoms with E-state index in [0.29, 0.717) is 5.69 Å². The van der Waals surface area contributed by atoms with E-state index in [4.69, 9.17) is 0 Å². The van der Waals surface area contributed by atoms with Crippen molar-refractivity contribution in [2.45, 2.75) is 39.7 Å². The SMILES string of the molecule is Cc1cccc(CN2CCCC3(CCN(C(=O)c4cc(C)n(C)n4)C3)C2)c1. The molecule has 0 saturated carbocycles. The van der Waals surface area contributed by atoms with Crippen LogP contribution in [-0.4, -0.2) is 51.7 Å². The van der Waals surface area contributed by atoms with E-state index in [-0.39, 0.29) is 11.3 Å². The lowest BCUT2D eigenvalue weighted by Gasteiger charge is -2.40. The highest BCUT2D eigenvalue weighted by Gasteiger charge is 2.43. The van der Waals surface area contributed by atoms with E-state index in [1.807, 2.05) is 24.9 Å². The third-order valence-corrected chi connectivity index (χ3v) is 6.29. The summed E-state index contributed by atoms with van der Waals surface area (Å²) in [6.45, 7) is 9.12. The van der Waals surface area contributed by atoms with Gasteiger partial charge in [-0.1, -0.05) is 29.8 Å². The highest BCUT2D eigenvalue weighted by Crippen LogP contribution is 2.39. The molecular formula is C22H30N4O. The van der Waals surface area contributed by atoms with Crippen molar-refractivity contribution in [1.82, 2.24) is 19.6 Å². The number of likely N-dealkylation sites (tertiary alicyclic amines) is 2. The predicted octanol–water partition coefficient (Wildman–Crippen LogP) is 3.17. The summed E-state index contributed by atoms with van der Waals surface area (Å²) in [5, 5.41) is 4.38. The molecule has 2 aliphatic rings. The van der Waals surface area contributed by atoms with E-state index in [9.17, 15) is 4.79 Å². The summed E-state index contributed by atoms with van der Waals surface area (Å²) in [6.07, 6.45) is 3.55. The quantitative estimate of drug-likeness (QED) is 0.838. The lowest BCUT2D eigenvalue weighted by Crippen LogP contribution is -2.45. The second-order valence-corrected chi connectivity index (χ2v) is 8.57. The first-order chi connectivity index (χ1) is 12.9. The molecule has 1 aromatic carbocycles. The van der Waals surface area contributed by atoms with Gasteiger partial charge in [-0.3, -0.25) is 14.4 Å². The summed E-state index contributed by atoms with van der Waals surface area (Å²) in [6, 6.07) is 10.7. The zero-order valence-electron chi connectivity index (χ0n) is 16.7. The van der Waals surface area contributed by atoms with Gasteiger partial charge in [0.15, 0.2) is 5.69 Å². The number of carbonyl (C=O) groups excluding carboxylic acids is 1. The van der Waals surface area contributed by atoms with Crippen LogP contribution in [0.4, 0.5) is 0 Å². The molecule has 4 rings (SSSR count). The first kappa shape index (κ1) is 18.2. The Morgan fingerprint density at radius 1 is 1.15 bits per heavy atom. The summed E-state index contributed by atoms with van der Waals surface area (Å²) in [5.41, 5.74) is 4.57. The molecule has 2 fully saturated rings. The molecule has 1 unspecified atom stereocenters. The fraction of sp³-hybridized carbons (Fsp3) is 0.545. The normalized spacial score (nSPS) is 23.3. The molecule has 0 N–H and O–H groups in total. The van der Waals surface area contributed by atoms with Crippen molar-refractivity contribution in [2.75, 3.05) is 26.2 Å². The Morgan fingerprint density at radius 2 is 2.00 bits per heavy atom. The largest absolute Gasteiger partial charge is 0.337 e. The monoisotopic (exact) mass is 366 g/mol. The van der Waals surface area contributed by atoms with Crippen LogP contribution in [0.15, 0.2) is 30.3 Å². The van der Waals surface area contributed by atoms with Gasteiger partial charge in [0.1, 0.15) is 0 Å². The molecule has 3 heterocycles. The second-order valence-electron chi connectivity index (χ2n) is 8.57. The molecule has 144 valence electrons. The third kappa shape index (κ3) is 3.79. The van der Waals surface area contributed by atoms with E-state index in [1.54, 1.807) is 4.68 Å². The second kappa shape index (κ2) is 7.12. The van der Waals surface area contributed by atoms with Crippen LogP contribution < -0.4 is 0 Å². The van der Waals surface area contributed by atoms with Gasteiger partial charge in [0.2, 0.25) is 0 Å². The highest BCUT2D eigenvalue weighted by atomic mass is 16.2. The van der Waals surface area contributed by atoms with Crippen LogP contribution in [0, 0.1) is 19.3 Å².